The Hall–Kier alpha value is -3.38. The second kappa shape index (κ2) is 6.98. The largest absolute Gasteiger partial charge is 0.460 e. The molecule has 28 heavy (non-hydrogen) atoms. The number of hydrogen-bond donors (Lipinski definition) is 3. The molecule has 5 rings (SSSR count). The van der Waals surface area contributed by atoms with Crippen molar-refractivity contribution in [1.82, 2.24) is 20.3 Å². The van der Waals surface area contributed by atoms with Gasteiger partial charge < -0.3 is 14.7 Å². The predicted molar refractivity (Wildman–Crippen MR) is 106 cm³/mol. The minimum atomic E-state index is -0.439. The number of H-pyrrole nitrogens is 2. The third-order valence-corrected chi connectivity index (χ3v) is 5.21. The van der Waals surface area contributed by atoms with Crippen molar-refractivity contribution < 1.29 is 9.53 Å². The molecule has 0 radical (unpaired) electrons. The quantitative estimate of drug-likeness (QED) is 0.480. The standard InChI is InChI=1S/C22H20N4O2/c27-22(28-13-14-6-2-1-3-7-14)18-12-16-15-8-4-5-9-17(15)25-19(16)20(26-18)21-23-10-11-24-21/h1-11,18,20,25-26H,12-13H2,(H,23,24)/t18?,20-/m0/s1. The highest BCUT2D eigenvalue weighted by atomic mass is 16.5. The monoisotopic (exact) mass is 372 g/mol. The molecule has 3 heterocycles. The maximum Gasteiger partial charge on any atom is 0.323 e. The van der Waals surface area contributed by atoms with Crippen LogP contribution in [0.5, 0.6) is 0 Å². The predicted octanol–water partition coefficient (Wildman–Crippen LogP) is 3.24. The number of nitrogens with zero attached hydrogens (tertiary/aromatic N) is 1. The molecule has 6 heteroatoms. The fourth-order valence-electron chi connectivity index (χ4n) is 3.87. The molecule has 1 aliphatic heterocycles. The average molecular weight is 372 g/mol. The van der Waals surface area contributed by atoms with E-state index in [4.69, 9.17) is 4.74 Å². The van der Waals surface area contributed by atoms with Crippen molar-refractivity contribution in [2.75, 3.05) is 0 Å². The number of aromatic amines is 2. The van der Waals surface area contributed by atoms with Gasteiger partial charge in [-0.1, -0.05) is 48.5 Å². The second-order valence-corrected chi connectivity index (χ2v) is 6.99. The first kappa shape index (κ1) is 16.8. The van der Waals surface area contributed by atoms with E-state index in [0.717, 1.165) is 33.5 Å². The Morgan fingerprint density at radius 2 is 1.93 bits per heavy atom. The van der Waals surface area contributed by atoms with Crippen LogP contribution in [0.15, 0.2) is 67.0 Å². The molecule has 0 amide bonds. The number of imidazole rings is 1. The Bertz CT molecular complexity index is 1100. The number of rotatable bonds is 4. The SMILES string of the molecule is O=C(OCc1ccccc1)C1Cc2c([nH]c3ccccc23)[C@@H](c2ncc[nH]2)N1. The zero-order valence-electron chi connectivity index (χ0n) is 15.2. The summed E-state index contributed by atoms with van der Waals surface area (Å²) in [5, 5.41) is 4.55. The Morgan fingerprint density at radius 1 is 1.11 bits per heavy atom. The molecule has 0 aliphatic carbocycles. The minimum absolute atomic E-state index is 0.222. The summed E-state index contributed by atoms with van der Waals surface area (Å²) in [4.78, 5) is 23.9. The minimum Gasteiger partial charge on any atom is -0.460 e. The van der Waals surface area contributed by atoms with Crippen LogP contribution in [0, 0.1) is 0 Å². The van der Waals surface area contributed by atoms with Gasteiger partial charge in [-0.05, 0) is 17.2 Å². The van der Waals surface area contributed by atoms with E-state index in [1.54, 1.807) is 12.4 Å². The van der Waals surface area contributed by atoms with Gasteiger partial charge in [0.25, 0.3) is 0 Å². The Balaban J connectivity index is 1.45. The summed E-state index contributed by atoms with van der Waals surface area (Å²) in [6.07, 6.45) is 4.08. The van der Waals surface area contributed by atoms with Gasteiger partial charge >= 0.3 is 5.97 Å². The summed E-state index contributed by atoms with van der Waals surface area (Å²) < 4.78 is 5.59. The van der Waals surface area contributed by atoms with Gasteiger partial charge in [0.1, 0.15) is 24.5 Å². The Kier molecular flexibility index (Phi) is 4.18. The summed E-state index contributed by atoms with van der Waals surface area (Å²) >= 11 is 0. The number of carbonyl (C=O) groups is 1. The maximum atomic E-state index is 12.8. The second-order valence-electron chi connectivity index (χ2n) is 6.99. The lowest BCUT2D eigenvalue weighted by molar-refractivity contribution is -0.147. The van der Waals surface area contributed by atoms with Crippen molar-refractivity contribution in [3.8, 4) is 0 Å². The normalized spacial score (nSPS) is 18.7. The van der Waals surface area contributed by atoms with Crippen molar-refractivity contribution in [3.05, 3.63) is 89.6 Å². The van der Waals surface area contributed by atoms with Gasteiger partial charge in [0, 0.05) is 35.4 Å². The lowest BCUT2D eigenvalue weighted by atomic mass is 9.93. The van der Waals surface area contributed by atoms with E-state index in [9.17, 15) is 4.79 Å². The molecule has 0 bridgehead atoms. The van der Waals surface area contributed by atoms with Crippen LogP contribution in [0.2, 0.25) is 0 Å². The average Bonchev–Trinajstić information content (AvgIpc) is 3.40. The van der Waals surface area contributed by atoms with Gasteiger partial charge in [0.15, 0.2) is 0 Å². The van der Waals surface area contributed by atoms with Crippen LogP contribution in [-0.2, 0) is 22.6 Å². The smallest absolute Gasteiger partial charge is 0.323 e. The topological polar surface area (TPSA) is 82.8 Å². The van der Waals surface area contributed by atoms with Crippen LogP contribution in [0.3, 0.4) is 0 Å². The molecule has 0 saturated heterocycles. The molecule has 140 valence electrons. The third kappa shape index (κ3) is 2.97. The van der Waals surface area contributed by atoms with E-state index < -0.39 is 6.04 Å². The highest BCUT2D eigenvalue weighted by molar-refractivity contribution is 5.87. The zero-order valence-corrected chi connectivity index (χ0v) is 15.2. The molecule has 1 aliphatic rings. The van der Waals surface area contributed by atoms with E-state index in [2.05, 4.69) is 32.4 Å². The summed E-state index contributed by atoms with van der Waals surface area (Å²) in [7, 11) is 0. The molecule has 2 aromatic heterocycles. The molecule has 0 spiro atoms. The fourth-order valence-corrected chi connectivity index (χ4v) is 3.87. The number of para-hydroxylation sites is 1. The molecular weight excluding hydrogens is 352 g/mol. The molecule has 2 atom stereocenters. The summed E-state index contributed by atoms with van der Waals surface area (Å²) in [5.74, 6) is 0.518. The number of carbonyl (C=O) groups excluding carboxylic acids is 1. The van der Waals surface area contributed by atoms with E-state index in [1.807, 2.05) is 42.5 Å². The van der Waals surface area contributed by atoms with Crippen LogP contribution < -0.4 is 5.32 Å². The molecular formula is C22H20N4O2. The van der Waals surface area contributed by atoms with Crippen LogP contribution >= 0.6 is 0 Å². The third-order valence-electron chi connectivity index (χ3n) is 5.21. The van der Waals surface area contributed by atoms with Crippen LogP contribution in [0.25, 0.3) is 10.9 Å². The maximum absolute atomic E-state index is 12.8. The number of benzene rings is 2. The van der Waals surface area contributed by atoms with Gasteiger partial charge in [-0.15, -0.1) is 0 Å². The van der Waals surface area contributed by atoms with Crippen LogP contribution in [-0.4, -0.2) is 27.0 Å². The van der Waals surface area contributed by atoms with Gasteiger partial charge in [-0.2, -0.15) is 0 Å². The zero-order chi connectivity index (χ0) is 18.9. The van der Waals surface area contributed by atoms with Crippen molar-refractivity contribution in [2.45, 2.75) is 25.1 Å². The van der Waals surface area contributed by atoms with Gasteiger partial charge in [0.2, 0.25) is 0 Å². The number of hydrogen-bond acceptors (Lipinski definition) is 4. The van der Waals surface area contributed by atoms with Gasteiger partial charge in [-0.3, -0.25) is 10.1 Å². The Labute approximate surface area is 162 Å². The first-order valence-corrected chi connectivity index (χ1v) is 9.35. The first-order chi connectivity index (χ1) is 13.8. The van der Waals surface area contributed by atoms with E-state index in [-0.39, 0.29) is 18.6 Å². The van der Waals surface area contributed by atoms with Crippen molar-refractivity contribution >= 4 is 16.9 Å². The molecule has 0 fully saturated rings. The van der Waals surface area contributed by atoms with E-state index >= 15 is 0 Å². The van der Waals surface area contributed by atoms with Crippen molar-refractivity contribution in [3.63, 3.8) is 0 Å². The Morgan fingerprint density at radius 3 is 2.75 bits per heavy atom. The number of ether oxygens (including phenoxy) is 1. The van der Waals surface area contributed by atoms with Crippen molar-refractivity contribution in [1.29, 1.82) is 0 Å². The van der Waals surface area contributed by atoms with Gasteiger partial charge in [-0.25, -0.2) is 4.98 Å². The summed E-state index contributed by atoms with van der Waals surface area (Å²) in [5.41, 5.74) is 4.21. The highest BCUT2D eigenvalue weighted by Gasteiger charge is 2.35. The van der Waals surface area contributed by atoms with Gasteiger partial charge in [0.05, 0.1) is 0 Å². The van der Waals surface area contributed by atoms with E-state index in [1.165, 1.54) is 0 Å². The lowest BCUT2D eigenvalue weighted by Crippen LogP contribution is -2.46. The molecule has 0 saturated carbocycles. The van der Waals surface area contributed by atoms with Crippen molar-refractivity contribution in [2.24, 2.45) is 0 Å². The van der Waals surface area contributed by atoms with E-state index in [0.29, 0.717) is 6.42 Å². The number of nitrogens with one attached hydrogen (secondary N) is 3. The number of esters is 1. The van der Waals surface area contributed by atoms with Crippen LogP contribution in [0.4, 0.5) is 0 Å². The summed E-state index contributed by atoms with van der Waals surface area (Å²) in [6, 6.07) is 17.2. The summed E-state index contributed by atoms with van der Waals surface area (Å²) in [6.45, 7) is 0.268. The highest BCUT2D eigenvalue weighted by Crippen LogP contribution is 2.34. The fraction of sp³-hybridized carbons (Fsp3) is 0.182. The number of fused-ring (bicyclic) bond motifs is 3. The lowest BCUT2D eigenvalue weighted by Gasteiger charge is -2.29. The molecule has 4 aromatic rings. The molecule has 2 aromatic carbocycles. The molecule has 6 nitrogen and oxygen atoms in total. The molecule has 1 unspecified atom stereocenters. The van der Waals surface area contributed by atoms with Crippen LogP contribution in [0.1, 0.15) is 28.7 Å². The molecule has 3 N–H and O–H groups in total. The first-order valence-electron chi connectivity index (χ1n) is 9.35. The number of aromatic nitrogens is 3.